The predicted octanol–water partition coefficient (Wildman–Crippen LogP) is 2.63. The lowest BCUT2D eigenvalue weighted by Gasteiger charge is -2.30. The number of rotatable bonds is 8. The van der Waals surface area contributed by atoms with Crippen LogP contribution in [0.5, 0.6) is 11.5 Å². The van der Waals surface area contributed by atoms with Crippen molar-refractivity contribution in [2.75, 3.05) is 25.1 Å². The summed E-state index contributed by atoms with van der Waals surface area (Å²) in [5, 5.41) is 13.0. The van der Waals surface area contributed by atoms with Gasteiger partial charge >= 0.3 is 0 Å². The highest BCUT2D eigenvalue weighted by Crippen LogP contribution is 2.32. The van der Waals surface area contributed by atoms with Crippen LogP contribution >= 0.6 is 0 Å². The van der Waals surface area contributed by atoms with Crippen molar-refractivity contribution in [3.05, 3.63) is 48.0 Å². The molecule has 1 amide bonds. The number of nitrogens with one attached hydrogen (secondary N) is 1. The number of sulfonamides is 1. The molecule has 1 saturated carbocycles. The summed E-state index contributed by atoms with van der Waals surface area (Å²) in [5.41, 5.74) is 1.33. The van der Waals surface area contributed by atoms with Crippen molar-refractivity contribution in [1.82, 2.24) is 5.32 Å². The van der Waals surface area contributed by atoms with E-state index in [1.165, 1.54) is 32.4 Å². The van der Waals surface area contributed by atoms with Crippen LogP contribution in [-0.4, -0.2) is 52.3 Å². The molecule has 2 atom stereocenters. The van der Waals surface area contributed by atoms with Crippen LogP contribution in [0.2, 0.25) is 0 Å². The molecule has 0 spiro atoms. The van der Waals surface area contributed by atoms with Crippen molar-refractivity contribution >= 4 is 21.6 Å². The van der Waals surface area contributed by atoms with Gasteiger partial charge in [0.25, 0.3) is 10.0 Å². The average molecular weight is 463 g/mol. The van der Waals surface area contributed by atoms with E-state index >= 15 is 0 Å². The molecule has 2 N–H and O–H groups in total. The SMILES string of the molecule is COc1ccc(S(=O)(=O)N(CC(=O)N[C@H]2CCCC[C@@H]2O)c2ccc(C)cc2)cc1OC. The third-order valence-corrected chi connectivity index (χ3v) is 7.40. The van der Waals surface area contributed by atoms with Crippen LogP contribution in [0.4, 0.5) is 5.69 Å². The maximum atomic E-state index is 13.6. The van der Waals surface area contributed by atoms with E-state index < -0.39 is 28.6 Å². The van der Waals surface area contributed by atoms with E-state index in [1.54, 1.807) is 24.3 Å². The van der Waals surface area contributed by atoms with Crippen molar-refractivity contribution in [2.24, 2.45) is 0 Å². The zero-order valence-corrected chi connectivity index (χ0v) is 19.4. The number of aliphatic hydroxyl groups excluding tert-OH is 1. The van der Waals surface area contributed by atoms with Gasteiger partial charge in [-0.15, -0.1) is 0 Å². The Hall–Kier alpha value is -2.78. The summed E-state index contributed by atoms with van der Waals surface area (Å²) < 4.78 is 38.7. The Morgan fingerprint density at radius 3 is 2.34 bits per heavy atom. The van der Waals surface area contributed by atoms with Crippen molar-refractivity contribution in [3.63, 3.8) is 0 Å². The highest BCUT2D eigenvalue weighted by atomic mass is 32.2. The first-order valence-corrected chi connectivity index (χ1v) is 12.0. The first-order chi connectivity index (χ1) is 15.3. The maximum absolute atomic E-state index is 13.6. The molecule has 0 aliphatic heterocycles. The normalized spacial score (nSPS) is 18.6. The second-order valence-electron chi connectivity index (χ2n) is 7.89. The molecule has 0 radical (unpaired) electrons. The van der Waals surface area contributed by atoms with Crippen LogP contribution < -0.4 is 19.1 Å². The Morgan fingerprint density at radius 2 is 1.72 bits per heavy atom. The van der Waals surface area contributed by atoms with Gasteiger partial charge in [-0.3, -0.25) is 9.10 Å². The van der Waals surface area contributed by atoms with E-state index in [4.69, 9.17) is 9.47 Å². The fraction of sp³-hybridized carbons (Fsp3) is 0.435. The number of amides is 1. The quantitative estimate of drug-likeness (QED) is 0.625. The fourth-order valence-electron chi connectivity index (χ4n) is 3.79. The second kappa shape index (κ2) is 10.2. The van der Waals surface area contributed by atoms with Crippen molar-refractivity contribution < 1.29 is 27.8 Å². The molecule has 2 aromatic rings. The highest BCUT2D eigenvalue weighted by molar-refractivity contribution is 7.92. The van der Waals surface area contributed by atoms with Crippen LogP contribution in [0, 0.1) is 6.92 Å². The van der Waals surface area contributed by atoms with Crippen molar-refractivity contribution in [1.29, 1.82) is 0 Å². The summed E-state index contributed by atoms with van der Waals surface area (Å²) in [7, 11) is -1.21. The van der Waals surface area contributed by atoms with E-state index in [0.717, 1.165) is 22.7 Å². The average Bonchev–Trinajstić information content (AvgIpc) is 2.79. The highest BCUT2D eigenvalue weighted by Gasteiger charge is 2.30. The van der Waals surface area contributed by atoms with E-state index in [-0.39, 0.29) is 16.7 Å². The summed E-state index contributed by atoms with van der Waals surface area (Å²) in [4.78, 5) is 12.8. The number of anilines is 1. The maximum Gasteiger partial charge on any atom is 0.264 e. The Kier molecular flexibility index (Phi) is 7.63. The smallest absolute Gasteiger partial charge is 0.264 e. The summed E-state index contributed by atoms with van der Waals surface area (Å²) >= 11 is 0. The zero-order chi connectivity index (χ0) is 23.3. The van der Waals surface area contributed by atoms with E-state index in [9.17, 15) is 18.3 Å². The fourth-order valence-corrected chi connectivity index (χ4v) is 5.23. The molecule has 174 valence electrons. The molecule has 0 aromatic heterocycles. The molecular weight excluding hydrogens is 432 g/mol. The first kappa shape index (κ1) is 23.9. The van der Waals surface area contributed by atoms with E-state index in [1.807, 2.05) is 6.92 Å². The number of hydrogen-bond acceptors (Lipinski definition) is 6. The van der Waals surface area contributed by atoms with Crippen LogP contribution in [0.25, 0.3) is 0 Å². The molecule has 0 saturated heterocycles. The Morgan fingerprint density at radius 1 is 1.06 bits per heavy atom. The molecule has 0 bridgehead atoms. The molecule has 8 nitrogen and oxygen atoms in total. The second-order valence-corrected chi connectivity index (χ2v) is 9.75. The van der Waals surface area contributed by atoms with Gasteiger partial charge < -0.3 is 19.9 Å². The number of ether oxygens (including phenoxy) is 2. The van der Waals surface area contributed by atoms with Gasteiger partial charge in [0.05, 0.1) is 36.9 Å². The van der Waals surface area contributed by atoms with Crippen molar-refractivity contribution in [2.45, 2.75) is 49.6 Å². The molecule has 0 unspecified atom stereocenters. The molecule has 1 aliphatic rings. The van der Waals surface area contributed by atoms with Gasteiger partial charge in [-0.05, 0) is 44.0 Å². The number of nitrogens with zero attached hydrogens (tertiary/aromatic N) is 1. The summed E-state index contributed by atoms with van der Waals surface area (Å²) in [6.07, 6.45) is 2.49. The molecule has 1 aliphatic carbocycles. The first-order valence-electron chi connectivity index (χ1n) is 10.5. The number of methoxy groups -OCH3 is 2. The largest absolute Gasteiger partial charge is 0.493 e. The topological polar surface area (TPSA) is 105 Å². The van der Waals surface area contributed by atoms with Gasteiger partial charge in [-0.1, -0.05) is 30.5 Å². The van der Waals surface area contributed by atoms with Crippen LogP contribution in [0.1, 0.15) is 31.2 Å². The summed E-state index contributed by atoms with van der Waals surface area (Å²) in [6, 6.07) is 10.8. The summed E-state index contributed by atoms with van der Waals surface area (Å²) in [5.74, 6) is 0.199. The van der Waals surface area contributed by atoms with Crippen LogP contribution in [-0.2, 0) is 14.8 Å². The lowest BCUT2D eigenvalue weighted by atomic mass is 9.92. The number of benzene rings is 2. The van der Waals surface area contributed by atoms with Gasteiger partial charge in [-0.2, -0.15) is 0 Å². The number of carbonyl (C=O) groups excluding carboxylic acids is 1. The zero-order valence-electron chi connectivity index (χ0n) is 18.6. The molecular formula is C23H30N2O6S. The molecule has 1 fully saturated rings. The Labute approximate surface area is 189 Å². The van der Waals surface area contributed by atoms with E-state index in [2.05, 4.69) is 5.32 Å². The Bertz CT molecular complexity index is 1040. The lowest BCUT2D eigenvalue weighted by Crippen LogP contribution is -2.49. The predicted molar refractivity (Wildman–Crippen MR) is 122 cm³/mol. The van der Waals surface area contributed by atoms with Crippen LogP contribution in [0.3, 0.4) is 0 Å². The monoisotopic (exact) mass is 462 g/mol. The summed E-state index contributed by atoms with van der Waals surface area (Å²) in [6.45, 7) is 1.48. The van der Waals surface area contributed by atoms with Gasteiger partial charge in [0.1, 0.15) is 6.54 Å². The van der Waals surface area contributed by atoms with Gasteiger partial charge in [0.2, 0.25) is 5.91 Å². The minimum Gasteiger partial charge on any atom is -0.493 e. The number of hydrogen-bond donors (Lipinski definition) is 2. The standard InChI is InChI=1S/C23H30N2O6S/c1-16-8-10-17(11-9-16)25(15-23(27)24-19-6-4-5-7-20(19)26)32(28,29)18-12-13-21(30-2)22(14-18)31-3/h8-14,19-20,26H,4-7,15H2,1-3H3,(H,24,27)/t19-,20-/m0/s1. The molecule has 0 heterocycles. The van der Waals surface area contributed by atoms with Gasteiger partial charge in [0, 0.05) is 6.07 Å². The molecule has 3 rings (SSSR count). The Balaban J connectivity index is 1.93. The van der Waals surface area contributed by atoms with Crippen LogP contribution in [0.15, 0.2) is 47.4 Å². The molecule has 2 aromatic carbocycles. The third kappa shape index (κ3) is 5.34. The lowest BCUT2D eigenvalue weighted by molar-refractivity contribution is -0.121. The molecule has 9 heteroatoms. The minimum absolute atomic E-state index is 0.0266. The minimum atomic E-state index is -4.10. The number of carbonyl (C=O) groups is 1. The van der Waals surface area contributed by atoms with E-state index in [0.29, 0.717) is 24.3 Å². The number of aryl methyl sites for hydroxylation is 1. The van der Waals surface area contributed by atoms with Crippen molar-refractivity contribution in [3.8, 4) is 11.5 Å². The van der Waals surface area contributed by atoms with Gasteiger partial charge in [0.15, 0.2) is 11.5 Å². The number of aliphatic hydroxyl groups is 1. The van der Waals surface area contributed by atoms with Gasteiger partial charge in [-0.25, -0.2) is 8.42 Å². The molecule has 32 heavy (non-hydrogen) atoms. The third-order valence-electron chi connectivity index (χ3n) is 5.63.